The van der Waals surface area contributed by atoms with Crippen molar-refractivity contribution < 1.29 is 9.47 Å². The third kappa shape index (κ3) is 4.41. The fourth-order valence-corrected chi connectivity index (χ4v) is 2.46. The van der Waals surface area contributed by atoms with Gasteiger partial charge in [-0.2, -0.15) is 0 Å². The molecule has 0 aliphatic carbocycles. The lowest BCUT2D eigenvalue weighted by atomic mass is 10.0. The van der Waals surface area contributed by atoms with E-state index in [1.54, 1.807) is 7.11 Å². The Balaban J connectivity index is 1.86. The fraction of sp³-hybridized carbons (Fsp3) is 0.600. The number of ether oxygens (including phenoxy) is 2. The molecular weight excluding hydrogens is 226 g/mol. The number of benzene rings is 1. The van der Waals surface area contributed by atoms with Gasteiger partial charge in [-0.1, -0.05) is 30.3 Å². The van der Waals surface area contributed by atoms with Gasteiger partial charge in [0.1, 0.15) is 0 Å². The van der Waals surface area contributed by atoms with Gasteiger partial charge >= 0.3 is 0 Å². The van der Waals surface area contributed by atoms with E-state index in [9.17, 15) is 0 Å². The van der Waals surface area contributed by atoms with Gasteiger partial charge in [-0.3, -0.25) is 0 Å². The first-order valence-electron chi connectivity index (χ1n) is 6.75. The van der Waals surface area contributed by atoms with Gasteiger partial charge in [0, 0.05) is 32.4 Å². The summed E-state index contributed by atoms with van der Waals surface area (Å²) < 4.78 is 10.7. The lowest BCUT2D eigenvalue weighted by Crippen LogP contribution is -2.44. The summed E-state index contributed by atoms with van der Waals surface area (Å²) in [5.74, 6) is 0. The minimum atomic E-state index is 0.389. The summed E-state index contributed by atoms with van der Waals surface area (Å²) in [4.78, 5) is 0. The number of hydrogen-bond acceptors (Lipinski definition) is 3. The normalized spacial score (nSPS) is 18.7. The second-order valence-corrected chi connectivity index (χ2v) is 4.90. The van der Waals surface area contributed by atoms with Crippen LogP contribution in [0.4, 0.5) is 0 Å². The molecule has 1 N–H and O–H groups in total. The average Bonchev–Trinajstić information content (AvgIpc) is 2.41. The molecular formula is C15H23NO2. The Kier molecular flexibility index (Phi) is 5.65. The van der Waals surface area contributed by atoms with Gasteiger partial charge in [-0.05, 0) is 24.8 Å². The molecule has 1 aromatic rings. The highest BCUT2D eigenvalue weighted by Crippen LogP contribution is 2.10. The van der Waals surface area contributed by atoms with Gasteiger partial charge in [0.25, 0.3) is 0 Å². The largest absolute Gasteiger partial charge is 0.383 e. The summed E-state index contributed by atoms with van der Waals surface area (Å²) in [6.45, 7) is 2.51. The standard InChI is InChI=1S/C15H23NO2/c1-17-12-15(11-13-5-3-2-4-6-13)16-14-7-9-18-10-8-14/h2-6,14-16H,7-12H2,1H3/t15-/m0/s1. The molecule has 0 unspecified atom stereocenters. The van der Waals surface area contributed by atoms with Crippen molar-refractivity contribution in [3.8, 4) is 0 Å². The first-order chi connectivity index (χ1) is 8.88. The lowest BCUT2D eigenvalue weighted by molar-refractivity contribution is 0.0688. The van der Waals surface area contributed by atoms with Crippen molar-refractivity contribution in [2.75, 3.05) is 26.9 Å². The predicted molar refractivity (Wildman–Crippen MR) is 72.8 cm³/mol. The maximum atomic E-state index is 5.39. The van der Waals surface area contributed by atoms with Crippen molar-refractivity contribution in [1.82, 2.24) is 5.32 Å². The molecule has 1 atom stereocenters. The van der Waals surface area contributed by atoms with Gasteiger partial charge < -0.3 is 14.8 Å². The molecule has 1 aliphatic rings. The lowest BCUT2D eigenvalue weighted by Gasteiger charge is -2.28. The Morgan fingerprint density at radius 1 is 1.28 bits per heavy atom. The van der Waals surface area contributed by atoms with Crippen LogP contribution in [-0.4, -0.2) is 39.0 Å². The zero-order chi connectivity index (χ0) is 12.6. The summed E-state index contributed by atoms with van der Waals surface area (Å²) in [7, 11) is 1.77. The Morgan fingerprint density at radius 2 is 2.00 bits per heavy atom. The van der Waals surface area contributed by atoms with E-state index >= 15 is 0 Å². The molecule has 0 aromatic heterocycles. The third-order valence-electron chi connectivity index (χ3n) is 3.39. The Bertz CT molecular complexity index is 323. The molecule has 3 nitrogen and oxygen atoms in total. The van der Waals surface area contributed by atoms with Crippen LogP contribution in [0.5, 0.6) is 0 Å². The summed E-state index contributed by atoms with van der Waals surface area (Å²) in [6.07, 6.45) is 3.23. The fourth-order valence-electron chi connectivity index (χ4n) is 2.46. The van der Waals surface area contributed by atoms with E-state index in [4.69, 9.17) is 9.47 Å². The molecule has 1 aliphatic heterocycles. The third-order valence-corrected chi connectivity index (χ3v) is 3.39. The van der Waals surface area contributed by atoms with E-state index in [2.05, 4.69) is 35.6 Å². The topological polar surface area (TPSA) is 30.5 Å². The van der Waals surface area contributed by atoms with E-state index in [0.29, 0.717) is 12.1 Å². The number of methoxy groups -OCH3 is 1. The Labute approximate surface area is 109 Å². The van der Waals surface area contributed by atoms with E-state index < -0.39 is 0 Å². The molecule has 1 saturated heterocycles. The van der Waals surface area contributed by atoms with Crippen LogP contribution >= 0.6 is 0 Å². The average molecular weight is 249 g/mol. The highest BCUT2D eigenvalue weighted by molar-refractivity contribution is 5.16. The highest BCUT2D eigenvalue weighted by atomic mass is 16.5. The zero-order valence-corrected chi connectivity index (χ0v) is 11.1. The van der Waals surface area contributed by atoms with Crippen LogP contribution in [0.3, 0.4) is 0 Å². The first-order valence-corrected chi connectivity index (χ1v) is 6.75. The molecule has 18 heavy (non-hydrogen) atoms. The minimum Gasteiger partial charge on any atom is -0.383 e. The van der Waals surface area contributed by atoms with Gasteiger partial charge in [0.2, 0.25) is 0 Å². The van der Waals surface area contributed by atoms with E-state index in [1.807, 2.05) is 0 Å². The van der Waals surface area contributed by atoms with Gasteiger partial charge in [0.05, 0.1) is 6.61 Å². The van der Waals surface area contributed by atoms with Crippen LogP contribution in [-0.2, 0) is 15.9 Å². The van der Waals surface area contributed by atoms with Crippen LogP contribution in [0.2, 0.25) is 0 Å². The van der Waals surface area contributed by atoms with Crippen molar-refractivity contribution in [2.24, 2.45) is 0 Å². The van der Waals surface area contributed by atoms with Crippen molar-refractivity contribution >= 4 is 0 Å². The van der Waals surface area contributed by atoms with Crippen LogP contribution in [0.25, 0.3) is 0 Å². The zero-order valence-electron chi connectivity index (χ0n) is 11.1. The smallest absolute Gasteiger partial charge is 0.0619 e. The van der Waals surface area contributed by atoms with Crippen molar-refractivity contribution in [1.29, 1.82) is 0 Å². The first kappa shape index (κ1) is 13.5. The summed E-state index contributed by atoms with van der Waals surface area (Å²) in [6, 6.07) is 11.5. The molecule has 1 fully saturated rings. The monoisotopic (exact) mass is 249 g/mol. The van der Waals surface area contributed by atoms with Crippen molar-refractivity contribution in [3.63, 3.8) is 0 Å². The summed E-state index contributed by atoms with van der Waals surface area (Å²) in [5.41, 5.74) is 1.36. The molecule has 1 heterocycles. The number of hydrogen-bond donors (Lipinski definition) is 1. The van der Waals surface area contributed by atoms with Crippen LogP contribution in [0.1, 0.15) is 18.4 Å². The highest BCUT2D eigenvalue weighted by Gasteiger charge is 2.18. The van der Waals surface area contributed by atoms with Crippen LogP contribution < -0.4 is 5.32 Å². The molecule has 0 spiro atoms. The molecule has 0 amide bonds. The molecule has 1 aromatic carbocycles. The van der Waals surface area contributed by atoms with E-state index in [-0.39, 0.29) is 0 Å². The summed E-state index contributed by atoms with van der Waals surface area (Å²) in [5, 5.41) is 3.70. The predicted octanol–water partition coefficient (Wildman–Crippen LogP) is 2.01. The SMILES string of the molecule is COC[C@H](Cc1ccccc1)NC1CCOCC1. The van der Waals surface area contributed by atoms with Crippen LogP contribution in [0.15, 0.2) is 30.3 Å². The van der Waals surface area contributed by atoms with Crippen molar-refractivity contribution in [3.05, 3.63) is 35.9 Å². The number of nitrogens with one attached hydrogen (secondary N) is 1. The second-order valence-electron chi connectivity index (χ2n) is 4.90. The van der Waals surface area contributed by atoms with Crippen molar-refractivity contribution in [2.45, 2.75) is 31.3 Å². The van der Waals surface area contributed by atoms with E-state index in [0.717, 1.165) is 39.1 Å². The Hall–Kier alpha value is -0.900. The maximum absolute atomic E-state index is 5.39. The molecule has 0 saturated carbocycles. The molecule has 2 rings (SSSR count). The van der Waals surface area contributed by atoms with Gasteiger partial charge in [-0.15, -0.1) is 0 Å². The van der Waals surface area contributed by atoms with Crippen LogP contribution in [0, 0.1) is 0 Å². The quantitative estimate of drug-likeness (QED) is 0.836. The molecule has 0 bridgehead atoms. The van der Waals surface area contributed by atoms with Gasteiger partial charge in [0.15, 0.2) is 0 Å². The van der Waals surface area contributed by atoms with E-state index in [1.165, 1.54) is 5.56 Å². The minimum absolute atomic E-state index is 0.389. The number of rotatable bonds is 6. The Morgan fingerprint density at radius 3 is 2.67 bits per heavy atom. The van der Waals surface area contributed by atoms with Gasteiger partial charge in [-0.25, -0.2) is 0 Å². The molecule has 3 heteroatoms. The molecule has 0 radical (unpaired) electrons. The maximum Gasteiger partial charge on any atom is 0.0619 e. The second kappa shape index (κ2) is 7.52. The summed E-state index contributed by atoms with van der Waals surface area (Å²) >= 11 is 0. The molecule has 100 valence electrons.